The minimum atomic E-state index is -0.158. The predicted octanol–water partition coefficient (Wildman–Crippen LogP) is 2.99. The van der Waals surface area contributed by atoms with E-state index >= 15 is 0 Å². The highest BCUT2D eigenvalue weighted by Crippen LogP contribution is 2.27. The van der Waals surface area contributed by atoms with Crippen LogP contribution in [0.25, 0.3) is 5.82 Å². The van der Waals surface area contributed by atoms with Crippen LogP contribution < -0.4 is 15.0 Å². The maximum absolute atomic E-state index is 12.6. The number of hydrogen-bond acceptors (Lipinski definition) is 6. The van der Waals surface area contributed by atoms with E-state index in [4.69, 9.17) is 16.3 Å². The van der Waals surface area contributed by atoms with Gasteiger partial charge >= 0.3 is 6.03 Å². The number of benzene rings is 1. The molecule has 0 bridgehead atoms. The fourth-order valence-corrected chi connectivity index (χ4v) is 3.57. The number of aryl methyl sites for hydroxylation is 1. The Bertz CT molecular complexity index is 1030. The van der Waals surface area contributed by atoms with Crippen molar-refractivity contribution >= 4 is 29.1 Å². The molecular formula is C20H22ClN7O2. The monoisotopic (exact) mass is 427 g/mol. The molecule has 1 saturated heterocycles. The van der Waals surface area contributed by atoms with Gasteiger partial charge in [-0.3, -0.25) is 4.57 Å². The summed E-state index contributed by atoms with van der Waals surface area (Å²) in [5.74, 6) is 2.87. The number of hydrogen-bond donors (Lipinski definition) is 1. The molecule has 1 fully saturated rings. The van der Waals surface area contributed by atoms with Gasteiger partial charge in [0, 0.05) is 50.3 Å². The fourth-order valence-electron chi connectivity index (χ4n) is 3.31. The van der Waals surface area contributed by atoms with Crippen LogP contribution in [0, 0.1) is 6.92 Å². The number of nitrogens with zero attached hydrogens (tertiary/aromatic N) is 6. The van der Waals surface area contributed by atoms with E-state index in [0.717, 1.165) is 11.6 Å². The van der Waals surface area contributed by atoms with Gasteiger partial charge in [0.25, 0.3) is 0 Å². The SMILES string of the molecule is COc1ccc(NC(=O)N2CCN(c3cc(-n4ccnc4)nc(C)n3)CC2)cc1Cl. The molecule has 0 aliphatic carbocycles. The van der Waals surface area contributed by atoms with Gasteiger partial charge in [-0.25, -0.2) is 19.7 Å². The number of methoxy groups -OCH3 is 1. The van der Waals surface area contributed by atoms with Crippen molar-refractivity contribution in [3.63, 3.8) is 0 Å². The van der Waals surface area contributed by atoms with Gasteiger partial charge in [-0.1, -0.05) is 11.6 Å². The molecule has 1 aromatic carbocycles. The summed E-state index contributed by atoms with van der Waals surface area (Å²) < 4.78 is 6.99. The molecule has 3 aromatic rings. The highest BCUT2D eigenvalue weighted by atomic mass is 35.5. The summed E-state index contributed by atoms with van der Waals surface area (Å²) in [6.45, 7) is 4.39. The first-order valence-electron chi connectivity index (χ1n) is 9.52. The number of ether oxygens (including phenoxy) is 1. The Morgan fingerprint density at radius 2 is 1.90 bits per heavy atom. The Morgan fingerprint density at radius 1 is 1.13 bits per heavy atom. The third-order valence-electron chi connectivity index (χ3n) is 4.87. The molecule has 2 amide bonds. The number of nitrogens with one attached hydrogen (secondary N) is 1. The third kappa shape index (κ3) is 4.30. The molecule has 1 N–H and O–H groups in total. The number of imidazole rings is 1. The fraction of sp³-hybridized carbons (Fsp3) is 0.300. The van der Waals surface area contributed by atoms with Crippen LogP contribution in [0.4, 0.5) is 16.3 Å². The predicted molar refractivity (Wildman–Crippen MR) is 115 cm³/mol. The van der Waals surface area contributed by atoms with Gasteiger partial charge in [0.1, 0.15) is 29.5 Å². The van der Waals surface area contributed by atoms with E-state index in [1.54, 1.807) is 42.7 Å². The Kier molecular flexibility index (Phi) is 5.71. The lowest BCUT2D eigenvalue weighted by Crippen LogP contribution is -2.50. The number of aromatic nitrogens is 4. The number of urea groups is 1. The largest absolute Gasteiger partial charge is 0.495 e. The van der Waals surface area contributed by atoms with E-state index in [0.29, 0.717) is 48.5 Å². The van der Waals surface area contributed by atoms with Crippen molar-refractivity contribution in [1.29, 1.82) is 0 Å². The second-order valence-corrected chi connectivity index (χ2v) is 7.26. The zero-order chi connectivity index (χ0) is 21.1. The number of anilines is 2. The molecule has 0 radical (unpaired) electrons. The number of rotatable bonds is 4. The summed E-state index contributed by atoms with van der Waals surface area (Å²) in [6.07, 6.45) is 5.27. The highest BCUT2D eigenvalue weighted by Gasteiger charge is 2.23. The second-order valence-electron chi connectivity index (χ2n) is 6.86. The summed E-state index contributed by atoms with van der Waals surface area (Å²) in [4.78, 5) is 29.7. The normalized spacial score (nSPS) is 14.0. The van der Waals surface area contributed by atoms with Gasteiger partial charge in [0.05, 0.1) is 12.1 Å². The van der Waals surface area contributed by atoms with Crippen LogP contribution in [0.3, 0.4) is 0 Å². The maximum atomic E-state index is 12.6. The molecule has 4 rings (SSSR count). The lowest BCUT2D eigenvalue weighted by Gasteiger charge is -2.35. The summed E-state index contributed by atoms with van der Waals surface area (Å²) in [5, 5.41) is 3.34. The number of piperazine rings is 1. The van der Waals surface area contributed by atoms with Crippen molar-refractivity contribution in [2.75, 3.05) is 43.5 Å². The van der Waals surface area contributed by atoms with Crippen LogP contribution in [-0.2, 0) is 0 Å². The molecule has 10 heteroatoms. The van der Waals surface area contributed by atoms with Gasteiger partial charge in [-0.15, -0.1) is 0 Å². The smallest absolute Gasteiger partial charge is 0.321 e. The first-order chi connectivity index (χ1) is 14.5. The van der Waals surface area contributed by atoms with E-state index in [1.807, 2.05) is 23.8 Å². The van der Waals surface area contributed by atoms with Crippen LogP contribution in [-0.4, -0.2) is 63.7 Å². The van der Waals surface area contributed by atoms with Crippen molar-refractivity contribution < 1.29 is 9.53 Å². The minimum Gasteiger partial charge on any atom is -0.495 e. The standard InChI is InChI=1S/C20H22ClN7O2/c1-14-23-18(12-19(24-14)28-6-5-22-13-28)26-7-9-27(10-8-26)20(29)25-15-3-4-17(30-2)16(21)11-15/h3-6,11-13H,7-10H2,1-2H3,(H,25,29). The Labute approximate surface area is 179 Å². The van der Waals surface area contributed by atoms with Crippen molar-refractivity contribution in [2.45, 2.75) is 6.92 Å². The second kappa shape index (κ2) is 8.58. The topological polar surface area (TPSA) is 88.4 Å². The molecule has 9 nitrogen and oxygen atoms in total. The summed E-state index contributed by atoms with van der Waals surface area (Å²) >= 11 is 6.13. The minimum absolute atomic E-state index is 0.158. The number of carbonyl (C=O) groups excluding carboxylic acids is 1. The zero-order valence-corrected chi connectivity index (χ0v) is 17.5. The van der Waals surface area contributed by atoms with E-state index in [2.05, 4.69) is 25.2 Å². The Hall–Kier alpha value is -3.33. The van der Waals surface area contributed by atoms with Crippen molar-refractivity contribution in [1.82, 2.24) is 24.4 Å². The summed E-state index contributed by atoms with van der Waals surface area (Å²) in [7, 11) is 1.55. The Morgan fingerprint density at radius 3 is 2.57 bits per heavy atom. The zero-order valence-electron chi connectivity index (χ0n) is 16.7. The van der Waals surface area contributed by atoms with Crippen LogP contribution in [0.2, 0.25) is 5.02 Å². The van der Waals surface area contributed by atoms with E-state index in [9.17, 15) is 4.79 Å². The number of carbonyl (C=O) groups is 1. The quantitative estimate of drug-likeness (QED) is 0.688. The van der Waals surface area contributed by atoms with E-state index < -0.39 is 0 Å². The number of halogens is 1. The van der Waals surface area contributed by atoms with Gasteiger partial charge in [0.2, 0.25) is 0 Å². The summed E-state index contributed by atoms with van der Waals surface area (Å²) in [6, 6.07) is 6.94. The van der Waals surface area contributed by atoms with Crippen molar-refractivity contribution in [2.24, 2.45) is 0 Å². The van der Waals surface area contributed by atoms with Gasteiger partial charge in [0.15, 0.2) is 0 Å². The van der Waals surface area contributed by atoms with Crippen molar-refractivity contribution in [3.8, 4) is 11.6 Å². The van der Waals surface area contributed by atoms with Gasteiger partial charge in [-0.2, -0.15) is 0 Å². The first-order valence-corrected chi connectivity index (χ1v) is 9.90. The van der Waals surface area contributed by atoms with Crippen LogP contribution in [0.15, 0.2) is 43.0 Å². The molecule has 0 saturated carbocycles. The highest BCUT2D eigenvalue weighted by molar-refractivity contribution is 6.32. The lowest BCUT2D eigenvalue weighted by molar-refractivity contribution is 0.208. The first kappa shape index (κ1) is 20.0. The average molecular weight is 428 g/mol. The number of amides is 2. The molecule has 30 heavy (non-hydrogen) atoms. The Balaban J connectivity index is 1.39. The van der Waals surface area contributed by atoms with Crippen LogP contribution in [0.5, 0.6) is 5.75 Å². The van der Waals surface area contributed by atoms with Gasteiger partial charge in [-0.05, 0) is 25.1 Å². The van der Waals surface area contributed by atoms with Crippen molar-refractivity contribution in [3.05, 3.63) is 53.8 Å². The summed E-state index contributed by atoms with van der Waals surface area (Å²) in [5.41, 5.74) is 0.629. The lowest BCUT2D eigenvalue weighted by atomic mass is 10.3. The molecular weight excluding hydrogens is 406 g/mol. The van der Waals surface area contributed by atoms with Gasteiger partial charge < -0.3 is 19.9 Å². The molecule has 2 aromatic heterocycles. The molecule has 1 aliphatic heterocycles. The third-order valence-corrected chi connectivity index (χ3v) is 5.17. The van der Waals surface area contributed by atoms with Crippen LogP contribution in [0.1, 0.15) is 5.82 Å². The average Bonchev–Trinajstić information content (AvgIpc) is 3.29. The molecule has 1 aliphatic rings. The molecule has 3 heterocycles. The molecule has 0 unspecified atom stereocenters. The molecule has 156 valence electrons. The molecule has 0 spiro atoms. The van der Waals surface area contributed by atoms with Crippen LogP contribution >= 0.6 is 11.6 Å². The maximum Gasteiger partial charge on any atom is 0.321 e. The van der Waals surface area contributed by atoms with E-state index in [-0.39, 0.29) is 6.03 Å². The van der Waals surface area contributed by atoms with E-state index in [1.165, 1.54) is 0 Å². The molecule has 0 atom stereocenters.